The second-order valence-electron chi connectivity index (χ2n) is 8.32. The van der Waals surface area contributed by atoms with E-state index in [-0.39, 0.29) is 41.7 Å². The van der Waals surface area contributed by atoms with Crippen LogP contribution in [0.3, 0.4) is 0 Å². The molecule has 1 aromatic carbocycles. The predicted octanol–water partition coefficient (Wildman–Crippen LogP) is 1.15. The third kappa shape index (κ3) is 4.35. The summed E-state index contributed by atoms with van der Waals surface area (Å²) < 4.78 is 49.6. The van der Waals surface area contributed by atoms with Gasteiger partial charge < -0.3 is 44.0 Å². The average Bonchev–Trinajstić information content (AvgIpc) is 3.48. The Morgan fingerprint density at radius 1 is 1.26 bits per heavy atom. The molecule has 1 amide bonds. The van der Waals surface area contributed by atoms with Gasteiger partial charge in [-0.2, -0.15) is 0 Å². The first-order valence-electron chi connectivity index (χ1n) is 9.94. The molecule has 1 atom stereocenters. The Kier molecular flexibility index (Phi) is 5.87. The molecule has 0 spiro atoms. The highest BCUT2D eigenvalue weighted by Gasteiger charge is 2.53. The molecule has 14 nitrogen and oxygen atoms in total. The van der Waals surface area contributed by atoms with Crippen LogP contribution >= 0.6 is 15.2 Å². The molecule has 1 saturated carbocycles. The normalized spacial score (nSPS) is 18.8. The van der Waals surface area contributed by atoms with Crippen LogP contribution in [0.5, 0.6) is 5.75 Å². The molecule has 0 unspecified atom stereocenters. The number of hydrogen-bond acceptors (Lipinski definition) is 7. The highest BCUT2D eigenvalue weighted by atomic mass is 31.2. The zero-order valence-corrected chi connectivity index (χ0v) is 19.5. The number of nitrogens with zero attached hydrogens (tertiary/aromatic N) is 1. The molecule has 2 aliphatic rings. The molecule has 0 bridgehead atoms. The van der Waals surface area contributed by atoms with Crippen LogP contribution in [0.4, 0.5) is 9.18 Å². The standard InChI is InChI=1S/C18H19FN2O12P2/c1-7-6-32-14-11(10(19)4-8-12(14)21(7)5-9(13(8)22)15(23)24)18(2-3-18)20-16(25)33-17(34(26,27)28)35(29,30)31/h4-5,7,17H,2-3,6H2,1H3,(H,20,25)(H,23,24)(H2,26,27,28)(H2,29,30,31)/t7-/m1/s1. The number of alkyl carbamates (subject to hydrolysis) is 1. The van der Waals surface area contributed by atoms with Crippen molar-refractivity contribution in [3.05, 3.63) is 39.4 Å². The number of pyridine rings is 1. The number of hydrogen-bond donors (Lipinski definition) is 6. The minimum atomic E-state index is -5.58. The second-order valence-corrected chi connectivity index (χ2v) is 12.0. The molecule has 1 fully saturated rings. The third-order valence-electron chi connectivity index (χ3n) is 5.75. The van der Waals surface area contributed by atoms with Gasteiger partial charge >= 0.3 is 32.8 Å². The summed E-state index contributed by atoms with van der Waals surface area (Å²) in [5.41, 5.74) is -6.27. The van der Waals surface area contributed by atoms with Gasteiger partial charge in [0.1, 0.15) is 18.0 Å². The second kappa shape index (κ2) is 8.12. The van der Waals surface area contributed by atoms with Crippen molar-refractivity contribution in [1.29, 1.82) is 0 Å². The lowest BCUT2D eigenvalue weighted by atomic mass is 9.97. The summed E-state index contributed by atoms with van der Waals surface area (Å²) in [6, 6.07) is 0.365. The van der Waals surface area contributed by atoms with Crippen LogP contribution in [0.2, 0.25) is 0 Å². The molecule has 190 valence electrons. The van der Waals surface area contributed by atoms with Gasteiger partial charge in [-0.05, 0) is 25.8 Å². The molecule has 2 heterocycles. The molecule has 0 radical (unpaired) electrons. The monoisotopic (exact) mass is 536 g/mol. The van der Waals surface area contributed by atoms with Gasteiger partial charge in [-0.3, -0.25) is 13.9 Å². The fraction of sp³-hybridized carbons (Fsp3) is 0.389. The Morgan fingerprint density at radius 2 is 1.86 bits per heavy atom. The van der Waals surface area contributed by atoms with E-state index in [1.54, 1.807) is 6.92 Å². The number of halogens is 1. The van der Waals surface area contributed by atoms with Crippen molar-refractivity contribution >= 4 is 38.2 Å². The van der Waals surface area contributed by atoms with Gasteiger partial charge in [-0.1, -0.05) is 0 Å². The Hall–Kier alpha value is -2.80. The lowest BCUT2D eigenvalue weighted by Gasteiger charge is -2.31. The molecular weight excluding hydrogens is 517 g/mol. The van der Waals surface area contributed by atoms with Crippen molar-refractivity contribution in [2.24, 2.45) is 0 Å². The molecule has 2 aromatic rings. The first kappa shape index (κ1) is 25.3. The van der Waals surface area contributed by atoms with Crippen LogP contribution in [0.25, 0.3) is 10.9 Å². The number of carboxylic acid groups (broad SMARTS) is 1. The summed E-state index contributed by atoms with van der Waals surface area (Å²) in [4.78, 5) is 73.1. The van der Waals surface area contributed by atoms with Crippen molar-refractivity contribution < 1.29 is 57.3 Å². The quantitative estimate of drug-likeness (QED) is 0.286. The van der Waals surface area contributed by atoms with E-state index in [4.69, 9.17) is 24.3 Å². The van der Waals surface area contributed by atoms with Crippen LogP contribution in [0.1, 0.15) is 41.7 Å². The topological polar surface area (TPSA) is 222 Å². The number of carboxylic acids is 1. The lowest BCUT2D eigenvalue weighted by molar-refractivity contribution is 0.0694. The van der Waals surface area contributed by atoms with E-state index in [1.807, 2.05) is 0 Å². The number of nitrogens with one attached hydrogen (secondary N) is 1. The van der Waals surface area contributed by atoms with Gasteiger partial charge in [0.05, 0.1) is 28.0 Å². The zero-order valence-electron chi connectivity index (χ0n) is 17.7. The maximum atomic E-state index is 15.3. The van der Waals surface area contributed by atoms with E-state index in [9.17, 15) is 28.6 Å². The Morgan fingerprint density at radius 3 is 2.37 bits per heavy atom. The van der Waals surface area contributed by atoms with E-state index in [0.29, 0.717) is 0 Å². The van der Waals surface area contributed by atoms with Crippen molar-refractivity contribution in [2.45, 2.75) is 36.9 Å². The van der Waals surface area contributed by atoms with Crippen LogP contribution in [0, 0.1) is 5.82 Å². The Bertz CT molecular complexity index is 1400. The minimum absolute atomic E-state index is 0.0422. The number of aromatic nitrogens is 1. The number of rotatable bonds is 6. The molecule has 0 saturated heterocycles. The summed E-state index contributed by atoms with van der Waals surface area (Å²) in [6.45, 7) is 1.63. The van der Waals surface area contributed by atoms with Crippen LogP contribution in [0.15, 0.2) is 17.1 Å². The Labute approximate surface area is 194 Å². The van der Waals surface area contributed by atoms with Crippen LogP contribution < -0.4 is 15.5 Å². The van der Waals surface area contributed by atoms with Gasteiger partial charge in [0.15, 0.2) is 5.75 Å². The van der Waals surface area contributed by atoms with Crippen molar-refractivity contribution in [3.8, 4) is 5.75 Å². The Balaban J connectivity index is 1.80. The predicted molar refractivity (Wildman–Crippen MR) is 114 cm³/mol. The van der Waals surface area contributed by atoms with Gasteiger partial charge in [0.25, 0.3) is 0 Å². The first-order chi connectivity index (χ1) is 16.1. The van der Waals surface area contributed by atoms with E-state index in [0.717, 1.165) is 12.3 Å². The molecule has 1 aromatic heterocycles. The molecular formula is C18H19FN2O12P2. The van der Waals surface area contributed by atoms with Crippen molar-refractivity contribution in [3.63, 3.8) is 0 Å². The van der Waals surface area contributed by atoms with E-state index < -0.39 is 61.2 Å². The number of carbonyl (C=O) groups excluding carboxylic acids is 1. The van der Waals surface area contributed by atoms with Gasteiger partial charge in [0.2, 0.25) is 5.43 Å². The van der Waals surface area contributed by atoms with E-state index in [2.05, 4.69) is 10.1 Å². The SMILES string of the molecule is C[C@@H]1COc2c(C3(NC(=O)OC(P(=O)(O)O)P(=O)(O)O)CC3)c(F)cc3c(=O)c(C(=O)O)cn1c23. The summed E-state index contributed by atoms with van der Waals surface area (Å²) in [5.74, 6) is -2.68. The van der Waals surface area contributed by atoms with Gasteiger partial charge in [-0.15, -0.1) is 0 Å². The first-order valence-corrected chi connectivity index (χ1v) is 13.3. The lowest BCUT2D eigenvalue weighted by Crippen LogP contribution is -2.39. The van der Waals surface area contributed by atoms with E-state index in [1.165, 1.54) is 4.57 Å². The molecule has 1 aliphatic heterocycles. The highest BCUT2D eigenvalue weighted by molar-refractivity contribution is 7.70. The summed E-state index contributed by atoms with van der Waals surface area (Å²) in [6.07, 6.45) is -0.347. The van der Waals surface area contributed by atoms with Gasteiger partial charge in [0, 0.05) is 6.20 Å². The van der Waals surface area contributed by atoms with Gasteiger partial charge in [-0.25, -0.2) is 14.0 Å². The number of ether oxygens (including phenoxy) is 2. The maximum Gasteiger partial charge on any atom is 0.409 e. The molecule has 6 N–H and O–H groups in total. The fourth-order valence-electron chi connectivity index (χ4n) is 4.04. The summed E-state index contributed by atoms with van der Waals surface area (Å²) >= 11 is 0. The summed E-state index contributed by atoms with van der Waals surface area (Å²) in [5, 5.41) is 11.3. The number of amides is 1. The number of benzene rings is 1. The molecule has 35 heavy (non-hydrogen) atoms. The maximum absolute atomic E-state index is 15.3. The zero-order chi connectivity index (χ0) is 26.1. The smallest absolute Gasteiger partial charge is 0.409 e. The van der Waals surface area contributed by atoms with Crippen molar-refractivity contribution in [2.75, 3.05) is 6.61 Å². The van der Waals surface area contributed by atoms with Crippen molar-refractivity contribution in [1.82, 2.24) is 9.88 Å². The third-order valence-corrected chi connectivity index (χ3v) is 8.92. The number of carbonyl (C=O) groups is 2. The molecule has 4 rings (SSSR count). The van der Waals surface area contributed by atoms with Crippen LogP contribution in [-0.4, -0.2) is 53.5 Å². The molecule has 17 heteroatoms. The largest absolute Gasteiger partial charge is 0.489 e. The molecule has 1 aliphatic carbocycles. The fourth-order valence-corrected chi connectivity index (χ4v) is 6.07. The minimum Gasteiger partial charge on any atom is -0.489 e. The summed E-state index contributed by atoms with van der Waals surface area (Å²) in [7, 11) is -11.2. The highest BCUT2D eigenvalue weighted by Crippen LogP contribution is 2.60. The number of aromatic carboxylic acids is 1. The van der Waals surface area contributed by atoms with Crippen LogP contribution in [-0.2, 0) is 19.4 Å². The average molecular weight is 536 g/mol. The van der Waals surface area contributed by atoms with E-state index >= 15 is 4.39 Å².